The predicted molar refractivity (Wildman–Crippen MR) is 60.8 cm³/mol. The molecule has 1 aromatic carbocycles. The van der Waals surface area contributed by atoms with Crippen LogP contribution in [0.15, 0.2) is 12.1 Å². The summed E-state index contributed by atoms with van der Waals surface area (Å²) in [5, 5.41) is 0. The molecule has 0 unspecified atom stereocenters. The van der Waals surface area contributed by atoms with E-state index < -0.39 is 5.91 Å². The predicted octanol–water partition coefficient (Wildman–Crippen LogP) is 0.304. The normalized spacial score (nSPS) is 9.94. The first kappa shape index (κ1) is 12.3. The van der Waals surface area contributed by atoms with Gasteiger partial charge in [0.05, 0.1) is 19.8 Å². The molecule has 0 fully saturated rings. The SMILES string of the molecule is COc1c(CCN)ccc(C(N)=O)c1OC. The highest BCUT2D eigenvalue weighted by Gasteiger charge is 2.17. The Morgan fingerprint density at radius 1 is 1.25 bits per heavy atom. The van der Waals surface area contributed by atoms with Gasteiger partial charge in [-0.25, -0.2) is 0 Å². The van der Waals surface area contributed by atoms with Crippen LogP contribution in [0.4, 0.5) is 0 Å². The van der Waals surface area contributed by atoms with Gasteiger partial charge in [0.1, 0.15) is 0 Å². The fourth-order valence-electron chi connectivity index (χ4n) is 1.58. The van der Waals surface area contributed by atoms with E-state index in [1.165, 1.54) is 14.2 Å². The van der Waals surface area contributed by atoms with Crippen LogP contribution in [-0.2, 0) is 6.42 Å². The van der Waals surface area contributed by atoms with Crippen molar-refractivity contribution in [2.75, 3.05) is 20.8 Å². The number of methoxy groups -OCH3 is 2. The van der Waals surface area contributed by atoms with Crippen LogP contribution in [0.1, 0.15) is 15.9 Å². The first-order valence-electron chi connectivity index (χ1n) is 4.89. The van der Waals surface area contributed by atoms with E-state index in [2.05, 4.69) is 0 Å². The zero-order valence-electron chi connectivity index (χ0n) is 9.45. The molecule has 5 nitrogen and oxygen atoms in total. The summed E-state index contributed by atoms with van der Waals surface area (Å²) in [6.45, 7) is 0.495. The molecule has 0 saturated heterocycles. The zero-order valence-corrected chi connectivity index (χ0v) is 9.45. The fraction of sp³-hybridized carbons (Fsp3) is 0.364. The number of carbonyl (C=O) groups is 1. The number of rotatable bonds is 5. The van der Waals surface area contributed by atoms with Gasteiger partial charge in [-0.1, -0.05) is 6.07 Å². The molecule has 0 heterocycles. The van der Waals surface area contributed by atoms with Crippen LogP contribution >= 0.6 is 0 Å². The van der Waals surface area contributed by atoms with Gasteiger partial charge in [-0.15, -0.1) is 0 Å². The molecule has 1 amide bonds. The number of ether oxygens (including phenoxy) is 2. The minimum atomic E-state index is -0.547. The van der Waals surface area contributed by atoms with Crippen LogP contribution in [0, 0.1) is 0 Å². The van der Waals surface area contributed by atoms with Crippen LogP contribution in [0.3, 0.4) is 0 Å². The monoisotopic (exact) mass is 224 g/mol. The first-order chi connectivity index (χ1) is 7.65. The van der Waals surface area contributed by atoms with Gasteiger partial charge >= 0.3 is 0 Å². The van der Waals surface area contributed by atoms with E-state index in [1.54, 1.807) is 12.1 Å². The molecule has 1 aromatic rings. The third kappa shape index (κ3) is 2.25. The molecule has 4 N–H and O–H groups in total. The third-order valence-electron chi connectivity index (χ3n) is 2.28. The molecular weight excluding hydrogens is 208 g/mol. The van der Waals surface area contributed by atoms with Crippen molar-refractivity contribution in [2.24, 2.45) is 11.5 Å². The van der Waals surface area contributed by atoms with E-state index in [4.69, 9.17) is 20.9 Å². The molecule has 0 atom stereocenters. The van der Waals surface area contributed by atoms with Crippen molar-refractivity contribution in [3.63, 3.8) is 0 Å². The Labute approximate surface area is 94.3 Å². The molecule has 88 valence electrons. The summed E-state index contributed by atoms with van der Waals surface area (Å²) in [4.78, 5) is 11.2. The van der Waals surface area contributed by atoms with Crippen LogP contribution in [0.25, 0.3) is 0 Å². The van der Waals surface area contributed by atoms with Crippen LogP contribution in [0.2, 0.25) is 0 Å². The van der Waals surface area contributed by atoms with E-state index in [9.17, 15) is 4.79 Å². The van der Waals surface area contributed by atoms with E-state index >= 15 is 0 Å². The first-order valence-corrected chi connectivity index (χ1v) is 4.89. The van der Waals surface area contributed by atoms with Crippen LogP contribution in [0.5, 0.6) is 11.5 Å². The lowest BCUT2D eigenvalue weighted by Crippen LogP contribution is -2.14. The summed E-state index contributed by atoms with van der Waals surface area (Å²) in [5.41, 5.74) is 11.9. The Kier molecular flexibility index (Phi) is 4.13. The Hall–Kier alpha value is -1.75. The quantitative estimate of drug-likeness (QED) is 0.753. The summed E-state index contributed by atoms with van der Waals surface area (Å²) >= 11 is 0. The standard InChI is InChI=1S/C11H16N2O3/c1-15-9-7(5-6-12)3-4-8(11(13)14)10(9)16-2/h3-4H,5-6,12H2,1-2H3,(H2,13,14). The molecule has 0 saturated carbocycles. The molecule has 0 radical (unpaired) electrons. The average Bonchev–Trinajstić information content (AvgIpc) is 2.28. The summed E-state index contributed by atoms with van der Waals surface area (Å²) < 4.78 is 10.4. The van der Waals surface area contributed by atoms with Crippen LogP contribution < -0.4 is 20.9 Å². The molecule has 16 heavy (non-hydrogen) atoms. The van der Waals surface area contributed by atoms with Gasteiger partial charge in [-0.3, -0.25) is 4.79 Å². The lowest BCUT2D eigenvalue weighted by molar-refractivity contribution is 0.0996. The van der Waals surface area contributed by atoms with Crippen molar-refractivity contribution in [1.82, 2.24) is 0 Å². The second-order valence-electron chi connectivity index (χ2n) is 3.24. The minimum Gasteiger partial charge on any atom is -0.493 e. The maximum Gasteiger partial charge on any atom is 0.252 e. The van der Waals surface area contributed by atoms with Crippen molar-refractivity contribution in [2.45, 2.75) is 6.42 Å². The molecule has 0 bridgehead atoms. The Morgan fingerprint density at radius 2 is 1.88 bits per heavy atom. The molecule has 5 heteroatoms. The lowest BCUT2D eigenvalue weighted by Gasteiger charge is -2.14. The van der Waals surface area contributed by atoms with Gasteiger partial charge in [0.15, 0.2) is 11.5 Å². The molecule has 0 aromatic heterocycles. The van der Waals surface area contributed by atoms with Crippen molar-refractivity contribution in [1.29, 1.82) is 0 Å². The molecule has 1 rings (SSSR count). The lowest BCUT2D eigenvalue weighted by atomic mass is 10.1. The summed E-state index contributed by atoms with van der Waals surface area (Å²) in [7, 11) is 2.99. The summed E-state index contributed by atoms with van der Waals surface area (Å²) in [6, 6.07) is 3.39. The number of benzene rings is 1. The number of hydrogen-bond donors (Lipinski definition) is 2. The van der Waals surface area contributed by atoms with Crippen molar-refractivity contribution in [3.05, 3.63) is 23.3 Å². The Bertz CT molecular complexity index is 391. The molecule has 0 aliphatic heterocycles. The van der Waals surface area contributed by atoms with Gasteiger partial charge in [-0.05, 0) is 24.6 Å². The minimum absolute atomic E-state index is 0.306. The second kappa shape index (κ2) is 5.37. The highest BCUT2D eigenvalue weighted by molar-refractivity contribution is 5.96. The molecule has 0 aliphatic rings. The van der Waals surface area contributed by atoms with E-state index in [-0.39, 0.29) is 0 Å². The van der Waals surface area contributed by atoms with Gasteiger partial charge < -0.3 is 20.9 Å². The van der Waals surface area contributed by atoms with Crippen molar-refractivity contribution < 1.29 is 14.3 Å². The summed E-state index contributed by atoms with van der Waals surface area (Å²) in [6.07, 6.45) is 0.651. The maximum absolute atomic E-state index is 11.2. The molecule has 0 spiro atoms. The highest BCUT2D eigenvalue weighted by Crippen LogP contribution is 2.34. The largest absolute Gasteiger partial charge is 0.493 e. The Morgan fingerprint density at radius 3 is 2.31 bits per heavy atom. The van der Waals surface area contributed by atoms with Crippen LogP contribution in [-0.4, -0.2) is 26.7 Å². The van der Waals surface area contributed by atoms with Crippen molar-refractivity contribution in [3.8, 4) is 11.5 Å². The highest BCUT2D eigenvalue weighted by atomic mass is 16.5. The van der Waals surface area contributed by atoms with Gasteiger partial charge in [0, 0.05) is 0 Å². The van der Waals surface area contributed by atoms with Crippen molar-refractivity contribution >= 4 is 5.91 Å². The van der Waals surface area contributed by atoms with Gasteiger partial charge in [0.2, 0.25) is 0 Å². The maximum atomic E-state index is 11.2. The second-order valence-corrected chi connectivity index (χ2v) is 3.24. The van der Waals surface area contributed by atoms with E-state index in [0.29, 0.717) is 30.0 Å². The average molecular weight is 224 g/mol. The Balaban J connectivity index is 3.33. The molecule has 0 aliphatic carbocycles. The third-order valence-corrected chi connectivity index (χ3v) is 2.28. The smallest absolute Gasteiger partial charge is 0.252 e. The van der Waals surface area contributed by atoms with Gasteiger partial charge in [-0.2, -0.15) is 0 Å². The number of primary amides is 1. The van der Waals surface area contributed by atoms with E-state index in [1.807, 2.05) is 0 Å². The zero-order chi connectivity index (χ0) is 12.1. The molecular formula is C11H16N2O3. The number of carbonyl (C=O) groups excluding carboxylic acids is 1. The number of amides is 1. The topological polar surface area (TPSA) is 87.6 Å². The van der Waals surface area contributed by atoms with E-state index in [0.717, 1.165) is 5.56 Å². The summed E-state index contributed by atoms with van der Waals surface area (Å²) in [5.74, 6) is 0.333. The number of nitrogens with two attached hydrogens (primary N) is 2. The fourth-order valence-corrected chi connectivity index (χ4v) is 1.58. The van der Waals surface area contributed by atoms with Gasteiger partial charge in [0.25, 0.3) is 5.91 Å². The number of hydrogen-bond acceptors (Lipinski definition) is 4.